The van der Waals surface area contributed by atoms with E-state index in [2.05, 4.69) is 22.6 Å². The summed E-state index contributed by atoms with van der Waals surface area (Å²) in [4.78, 5) is 12.4. The van der Waals surface area contributed by atoms with Crippen molar-refractivity contribution in [2.24, 2.45) is 0 Å². The van der Waals surface area contributed by atoms with Crippen molar-refractivity contribution in [2.45, 2.75) is 0 Å². The molecule has 0 amide bonds. The Hall–Kier alpha value is -2.08. The zero-order valence-electron chi connectivity index (χ0n) is 11.9. The van der Waals surface area contributed by atoms with Crippen LogP contribution in [0.4, 0.5) is 0 Å². The van der Waals surface area contributed by atoms with Gasteiger partial charge in [0.25, 0.3) is 0 Å². The number of methoxy groups -OCH3 is 1. The molecular weight excluding hydrogens is 391 g/mol. The average molecular weight is 404 g/mol. The molecule has 0 saturated carbocycles. The number of fused-ring (bicyclic) bond motifs is 1. The molecular formula is C18H13IO3. The lowest BCUT2D eigenvalue weighted by molar-refractivity contribution is 0.0736. The highest BCUT2D eigenvalue weighted by Gasteiger charge is 2.14. The van der Waals surface area contributed by atoms with Gasteiger partial charge in [-0.15, -0.1) is 0 Å². The number of rotatable bonds is 3. The molecule has 3 rings (SSSR count). The minimum Gasteiger partial charge on any atom is -0.496 e. The van der Waals surface area contributed by atoms with Gasteiger partial charge in [-0.3, -0.25) is 0 Å². The Morgan fingerprint density at radius 2 is 1.50 bits per heavy atom. The second-order valence-corrected chi connectivity index (χ2v) is 5.84. The molecule has 0 aromatic heterocycles. The highest BCUT2D eigenvalue weighted by Crippen LogP contribution is 2.32. The summed E-state index contributed by atoms with van der Waals surface area (Å²) in [5.74, 6) is 0.922. The number of benzene rings is 3. The van der Waals surface area contributed by atoms with Crippen molar-refractivity contribution in [2.75, 3.05) is 7.11 Å². The highest BCUT2D eigenvalue weighted by molar-refractivity contribution is 14.1. The van der Waals surface area contributed by atoms with Gasteiger partial charge in [0, 0.05) is 14.3 Å². The van der Waals surface area contributed by atoms with E-state index < -0.39 is 0 Å². The van der Waals surface area contributed by atoms with Crippen LogP contribution >= 0.6 is 22.6 Å². The van der Waals surface area contributed by atoms with Crippen LogP contribution in [0.5, 0.6) is 11.5 Å². The first kappa shape index (κ1) is 14.8. The van der Waals surface area contributed by atoms with Crippen LogP contribution in [0.25, 0.3) is 10.8 Å². The molecule has 0 bridgehead atoms. The fourth-order valence-corrected chi connectivity index (χ4v) is 2.91. The summed E-state index contributed by atoms with van der Waals surface area (Å²) < 4.78 is 11.8. The van der Waals surface area contributed by atoms with Gasteiger partial charge in [0.1, 0.15) is 11.5 Å². The standard InChI is InChI=1S/C18H13IO3/c1-21-16-10-4-8-13-12(16)7-5-11-17(13)22-18(20)14-6-2-3-9-15(14)19/h2-11H,1H3. The third-order valence-electron chi connectivity index (χ3n) is 3.36. The molecule has 3 aromatic carbocycles. The van der Waals surface area contributed by atoms with Crippen LogP contribution in [-0.4, -0.2) is 13.1 Å². The monoisotopic (exact) mass is 404 g/mol. The third-order valence-corrected chi connectivity index (χ3v) is 4.30. The van der Waals surface area contributed by atoms with Crippen molar-refractivity contribution < 1.29 is 14.3 Å². The van der Waals surface area contributed by atoms with E-state index in [-0.39, 0.29) is 5.97 Å². The number of carbonyl (C=O) groups is 1. The number of hydrogen-bond acceptors (Lipinski definition) is 3. The molecule has 0 aliphatic heterocycles. The van der Waals surface area contributed by atoms with Gasteiger partial charge in [-0.05, 0) is 46.9 Å². The molecule has 0 aliphatic rings. The first-order valence-corrected chi connectivity index (χ1v) is 7.81. The van der Waals surface area contributed by atoms with Gasteiger partial charge in [0.2, 0.25) is 0 Å². The Kier molecular flexibility index (Phi) is 4.29. The third kappa shape index (κ3) is 2.78. The molecule has 0 atom stereocenters. The molecule has 0 spiro atoms. The smallest absolute Gasteiger partial charge is 0.344 e. The molecule has 4 heteroatoms. The number of carbonyl (C=O) groups excluding carboxylic acids is 1. The number of halogens is 1. The van der Waals surface area contributed by atoms with E-state index in [4.69, 9.17) is 9.47 Å². The lowest BCUT2D eigenvalue weighted by Gasteiger charge is -2.10. The zero-order chi connectivity index (χ0) is 15.5. The largest absolute Gasteiger partial charge is 0.496 e. The summed E-state index contributed by atoms with van der Waals surface area (Å²) in [7, 11) is 1.62. The molecule has 0 unspecified atom stereocenters. The number of ether oxygens (including phenoxy) is 2. The molecule has 0 aliphatic carbocycles. The molecule has 110 valence electrons. The summed E-state index contributed by atoms with van der Waals surface area (Å²) >= 11 is 2.13. The van der Waals surface area contributed by atoms with Crippen molar-refractivity contribution in [3.8, 4) is 11.5 Å². The van der Waals surface area contributed by atoms with E-state index in [0.717, 1.165) is 20.1 Å². The van der Waals surface area contributed by atoms with Crippen LogP contribution in [0.3, 0.4) is 0 Å². The van der Waals surface area contributed by atoms with Crippen molar-refractivity contribution in [3.63, 3.8) is 0 Å². The lowest BCUT2D eigenvalue weighted by atomic mass is 10.1. The molecule has 0 N–H and O–H groups in total. The minimum atomic E-state index is -0.361. The number of hydrogen-bond donors (Lipinski definition) is 0. The van der Waals surface area contributed by atoms with E-state index >= 15 is 0 Å². The van der Waals surface area contributed by atoms with Gasteiger partial charge in [0.05, 0.1) is 12.7 Å². The summed E-state index contributed by atoms with van der Waals surface area (Å²) in [5, 5.41) is 1.76. The normalized spacial score (nSPS) is 10.5. The van der Waals surface area contributed by atoms with Gasteiger partial charge < -0.3 is 9.47 Å². The molecule has 0 fully saturated rings. The van der Waals surface area contributed by atoms with Crippen LogP contribution in [-0.2, 0) is 0 Å². The zero-order valence-corrected chi connectivity index (χ0v) is 14.0. The Labute approximate surface area is 142 Å². The van der Waals surface area contributed by atoms with E-state index in [1.807, 2.05) is 48.5 Å². The Morgan fingerprint density at radius 3 is 2.18 bits per heavy atom. The van der Waals surface area contributed by atoms with Crippen molar-refractivity contribution in [3.05, 3.63) is 69.8 Å². The van der Waals surface area contributed by atoms with Crippen LogP contribution in [0.1, 0.15) is 10.4 Å². The van der Waals surface area contributed by atoms with Crippen molar-refractivity contribution in [1.29, 1.82) is 0 Å². The SMILES string of the molecule is COc1cccc2c(OC(=O)c3ccccc3I)cccc12. The van der Waals surface area contributed by atoms with Crippen molar-refractivity contribution in [1.82, 2.24) is 0 Å². The van der Waals surface area contributed by atoms with Crippen LogP contribution in [0.15, 0.2) is 60.7 Å². The molecule has 0 heterocycles. The molecule has 22 heavy (non-hydrogen) atoms. The van der Waals surface area contributed by atoms with Gasteiger partial charge >= 0.3 is 5.97 Å². The van der Waals surface area contributed by atoms with Crippen LogP contribution in [0.2, 0.25) is 0 Å². The predicted molar refractivity (Wildman–Crippen MR) is 94.6 cm³/mol. The second-order valence-electron chi connectivity index (χ2n) is 4.68. The summed E-state index contributed by atoms with van der Waals surface area (Å²) in [6.07, 6.45) is 0. The van der Waals surface area contributed by atoms with Crippen LogP contribution < -0.4 is 9.47 Å². The maximum atomic E-state index is 12.4. The Balaban J connectivity index is 2.01. The maximum absolute atomic E-state index is 12.4. The minimum absolute atomic E-state index is 0.361. The average Bonchev–Trinajstić information content (AvgIpc) is 2.55. The first-order chi connectivity index (χ1) is 10.7. The van der Waals surface area contributed by atoms with E-state index in [0.29, 0.717) is 11.3 Å². The second kappa shape index (κ2) is 6.36. The first-order valence-electron chi connectivity index (χ1n) is 6.73. The molecule has 3 aromatic rings. The fraction of sp³-hybridized carbons (Fsp3) is 0.0556. The van der Waals surface area contributed by atoms with E-state index in [1.54, 1.807) is 19.2 Å². The molecule has 0 saturated heterocycles. The van der Waals surface area contributed by atoms with Gasteiger partial charge in [-0.1, -0.05) is 36.4 Å². The van der Waals surface area contributed by atoms with Crippen molar-refractivity contribution >= 4 is 39.3 Å². The Morgan fingerprint density at radius 1 is 0.864 bits per heavy atom. The molecule has 3 nitrogen and oxygen atoms in total. The summed E-state index contributed by atoms with van der Waals surface area (Å²) in [6, 6.07) is 18.6. The van der Waals surface area contributed by atoms with Gasteiger partial charge in [-0.25, -0.2) is 4.79 Å². The topological polar surface area (TPSA) is 35.5 Å². The summed E-state index contributed by atoms with van der Waals surface area (Å²) in [6.45, 7) is 0. The van der Waals surface area contributed by atoms with Crippen LogP contribution in [0, 0.1) is 3.57 Å². The maximum Gasteiger partial charge on any atom is 0.344 e. The quantitative estimate of drug-likeness (QED) is 0.362. The predicted octanol–water partition coefficient (Wildman–Crippen LogP) is 4.67. The Bertz CT molecular complexity index is 843. The van der Waals surface area contributed by atoms with E-state index in [1.165, 1.54) is 0 Å². The van der Waals surface area contributed by atoms with Gasteiger partial charge in [0.15, 0.2) is 0 Å². The van der Waals surface area contributed by atoms with E-state index in [9.17, 15) is 4.79 Å². The molecule has 0 radical (unpaired) electrons. The summed E-state index contributed by atoms with van der Waals surface area (Å²) in [5.41, 5.74) is 0.558. The number of esters is 1. The lowest BCUT2D eigenvalue weighted by Crippen LogP contribution is -2.10. The fourth-order valence-electron chi connectivity index (χ4n) is 2.30. The van der Waals surface area contributed by atoms with Gasteiger partial charge in [-0.2, -0.15) is 0 Å². The highest BCUT2D eigenvalue weighted by atomic mass is 127.